The molecule has 0 spiro atoms. The molecule has 0 unspecified atom stereocenters. The molecular formula is C17H20BF3N2O2. The van der Waals surface area contributed by atoms with Crippen LogP contribution in [0.4, 0.5) is 13.2 Å². The maximum absolute atomic E-state index is 12.8. The summed E-state index contributed by atoms with van der Waals surface area (Å²) >= 11 is 0. The van der Waals surface area contributed by atoms with Crippen LogP contribution in [0, 0.1) is 11.3 Å². The van der Waals surface area contributed by atoms with Crippen LogP contribution in [-0.4, -0.2) is 24.9 Å². The lowest BCUT2D eigenvalue weighted by atomic mass is 9.76. The van der Waals surface area contributed by atoms with Gasteiger partial charge in [0.2, 0.25) is 0 Å². The molecule has 0 atom stereocenters. The lowest BCUT2D eigenvalue weighted by Crippen LogP contribution is -2.41. The second-order valence-corrected chi connectivity index (χ2v) is 6.92. The topological polar surface area (TPSA) is 68.3 Å². The summed E-state index contributed by atoms with van der Waals surface area (Å²) in [5.41, 5.74) is 4.58. The zero-order valence-corrected chi connectivity index (χ0v) is 14.6. The van der Waals surface area contributed by atoms with Crippen LogP contribution in [0.25, 0.3) is 6.08 Å². The van der Waals surface area contributed by atoms with Crippen LogP contribution in [0.5, 0.6) is 0 Å². The number of nitrogens with zero attached hydrogens (tertiary/aromatic N) is 1. The van der Waals surface area contributed by atoms with Gasteiger partial charge in [0, 0.05) is 6.54 Å². The molecule has 0 radical (unpaired) electrons. The van der Waals surface area contributed by atoms with Gasteiger partial charge in [-0.05, 0) is 50.9 Å². The van der Waals surface area contributed by atoms with Gasteiger partial charge in [-0.15, -0.1) is 0 Å². The van der Waals surface area contributed by atoms with Crippen molar-refractivity contribution in [1.82, 2.24) is 0 Å². The van der Waals surface area contributed by atoms with Crippen LogP contribution in [-0.2, 0) is 15.5 Å². The van der Waals surface area contributed by atoms with E-state index in [0.717, 1.165) is 12.1 Å². The summed E-state index contributed by atoms with van der Waals surface area (Å²) in [5, 5.41) is 9.19. The molecule has 2 N–H and O–H groups in total. The highest BCUT2D eigenvalue weighted by molar-refractivity contribution is 6.55. The fraction of sp³-hybridized carbons (Fsp3) is 0.471. The molecule has 1 aliphatic heterocycles. The molecule has 0 aliphatic carbocycles. The molecule has 25 heavy (non-hydrogen) atoms. The van der Waals surface area contributed by atoms with E-state index in [-0.39, 0.29) is 12.1 Å². The second-order valence-electron chi connectivity index (χ2n) is 6.92. The maximum atomic E-state index is 12.8. The predicted molar refractivity (Wildman–Crippen MR) is 89.3 cm³/mol. The summed E-state index contributed by atoms with van der Waals surface area (Å²) in [5.74, 6) is 0. The van der Waals surface area contributed by atoms with Crippen LogP contribution in [0.15, 0.2) is 23.7 Å². The second kappa shape index (κ2) is 6.48. The first-order valence-electron chi connectivity index (χ1n) is 7.79. The smallest absolute Gasteiger partial charge is 0.400 e. The maximum Gasteiger partial charge on any atom is 0.491 e. The van der Waals surface area contributed by atoms with E-state index in [4.69, 9.17) is 15.0 Å². The molecule has 0 saturated carbocycles. The minimum absolute atomic E-state index is 0.0858. The normalized spacial score (nSPS) is 19.8. The monoisotopic (exact) mass is 352 g/mol. The van der Waals surface area contributed by atoms with Crippen molar-refractivity contribution in [2.75, 3.05) is 6.54 Å². The Morgan fingerprint density at radius 3 is 2.24 bits per heavy atom. The quantitative estimate of drug-likeness (QED) is 0.845. The first kappa shape index (κ1) is 19.5. The molecular weight excluding hydrogens is 332 g/mol. The van der Waals surface area contributed by atoms with Gasteiger partial charge in [-0.1, -0.05) is 12.1 Å². The number of alkyl halides is 3. The SMILES string of the molecule is CC1(C)OB(C(=Cc2ccc(C(F)(F)F)cc2C#N)CN)OC1(C)C. The van der Waals surface area contributed by atoms with Gasteiger partial charge in [0.25, 0.3) is 0 Å². The molecule has 0 amide bonds. The molecule has 8 heteroatoms. The first-order valence-corrected chi connectivity index (χ1v) is 7.79. The zero-order valence-electron chi connectivity index (χ0n) is 14.6. The fourth-order valence-electron chi connectivity index (χ4n) is 2.37. The number of nitriles is 1. The van der Waals surface area contributed by atoms with E-state index < -0.39 is 30.1 Å². The van der Waals surface area contributed by atoms with E-state index in [1.165, 1.54) is 6.07 Å². The van der Waals surface area contributed by atoms with Gasteiger partial charge in [-0.2, -0.15) is 18.4 Å². The molecule has 2 rings (SSSR count). The summed E-state index contributed by atoms with van der Waals surface area (Å²) in [4.78, 5) is 0. The minimum Gasteiger partial charge on any atom is -0.400 e. The lowest BCUT2D eigenvalue weighted by molar-refractivity contribution is -0.137. The Hall–Kier alpha value is -1.82. The standard InChI is InChI=1S/C17H20BF3N2O2/c1-15(2)16(3,4)25-18(24-15)14(10-23)8-11-5-6-13(17(19,20)21)7-12(11)9-22/h5-8H,10,23H2,1-4H3. The summed E-state index contributed by atoms with van der Waals surface area (Å²) in [7, 11) is -0.719. The summed E-state index contributed by atoms with van der Waals surface area (Å²) in [6, 6.07) is 4.81. The van der Waals surface area contributed by atoms with Crippen LogP contribution in [0.3, 0.4) is 0 Å². The van der Waals surface area contributed by atoms with Crippen LogP contribution in [0.2, 0.25) is 0 Å². The highest BCUT2D eigenvalue weighted by Gasteiger charge is 2.52. The van der Waals surface area contributed by atoms with Gasteiger partial charge < -0.3 is 15.0 Å². The van der Waals surface area contributed by atoms with E-state index >= 15 is 0 Å². The largest absolute Gasteiger partial charge is 0.491 e. The molecule has 134 valence electrons. The Morgan fingerprint density at radius 2 is 1.80 bits per heavy atom. The van der Waals surface area contributed by atoms with Crippen molar-refractivity contribution in [2.45, 2.75) is 45.1 Å². The third-order valence-electron chi connectivity index (χ3n) is 4.63. The predicted octanol–water partition coefficient (Wildman–Crippen LogP) is 3.55. The molecule has 1 saturated heterocycles. The van der Waals surface area contributed by atoms with Gasteiger partial charge in [0.1, 0.15) is 0 Å². The van der Waals surface area contributed by atoms with Crippen LogP contribution >= 0.6 is 0 Å². The van der Waals surface area contributed by atoms with Crippen molar-refractivity contribution in [3.8, 4) is 6.07 Å². The molecule has 1 aliphatic rings. The number of hydrogen-bond donors (Lipinski definition) is 1. The van der Waals surface area contributed by atoms with Gasteiger partial charge in [0.15, 0.2) is 0 Å². The highest BCUT2D eigenvalue weighted by Crippen LogP contribution is 2.39. The number of rotatable bonds is 3. The molecule has 0 bridgehead atoms. The van der Waals surface area contributed by atoms with Gasteiger partial charge >= 0.3 is 13.3 Å². The Balaban J connectivity index is 2.40. The Kier molecular flexibility index (Phi) is 5.06. The summed E-state index contributed by atoms with van der Waals surface area (Å²) in [6.45, 7) is 7.64. The van der Waals surface area contributed by atoms with Crippen LogP contribution in [0.1, 0.15) is 44.4 Å². The molecule has 1 fully saturated rings. The average Bonchev–Trinajstić information content (AvgIpc) is 2.71. The van der Waals surface area contributed by atoms with Gasteiger partial charge in [-0.25, -0.2) is 0 Å². The summed E-state index contributed by atoms with van der Waals surface area (Å²) < 4.78 is 50.2. The lowest BCUT2D eigenvalue weighted by Gasteiger charge is -2.32. The number of benzene rings is 1. The number of nitrogens with two attached hydrogens (primary N) is 1. The van der Waals surface area contributed by atoms with Crippen molar-refractivity contribution >= 4 is 13.2 Å². The van der Waals surface area contributed by atoms with Crippen molar-refractivity contribution in [3.63, 3.8) is 0 Å². The molecule has 1 aromatic rings. The zero-order chi connectivity index (χ0) is 19.0. The van der Waals surface area contributed by atoms with E-state index in [2.05, 4.69) is 0 Å². The number of hydrogen-bond acceptors (Lipinski definition) is 4. The van der Waals surface area contributed by atoms with Gasteiger partial charge in [-0.3, -0.25) is 0 Å². The van der Waals surface area contributed by atoms with E-state index in [0.29, 0.717) is 11.0 Å². The third-order valence-corrected chi connectivity index (χ3v) is 4.63. The van der Waals surface area contributed by atoms with Crippen molar-refractivity contribution in [3.05, 3.63) is 40.4 Å². The third kappa shape index (κ3) is 3.89. The molecule has 1 aromatic carbocycles. The number of halogens is 3. The first-order chi connectivity index (χ1) is 11.4. The average molecular weight is 352 g/mol. The van der Waals surface area contributed by atoms with Crippen LogP contribution < -0.4 is 5.73 Å². The van der Waals surface area contributed by atoms with E-state index in [1.54, 1.807) is 12.1 Å². The van der Waals surface area contributed by atoms with Gasteiger partial charge in [0.05, 0.1) is 28.4 Å². The summed E-state index contributed by atoms with van der Waals surface area (Å²) in [6.07, 6.45) is -2.95. The van der Waals surface area contributed by atoms with Crippen molar-refractivity contribution in [1.29, 1.82) is 5.26 Å². The van der Waals surface area contributed by atoms with Crippen molar-refractivity contribution < 1.29 is 22.5 Å². The molecule has 4 nitrogen and oxygen atoms in total. The van der Waals surface area contributed by atoms with E-state index in [9.17, 15) is 18.4 Å². The highest BCUT2D eigenvalue weighted by atomic mass is 19.4. The fourth-order valence-corrected chi connectivity index (χ4v) is 2.37. The minimum atomic E-state index is -4.50. The molecule has 0 aromatic heterocycles. The van der Waals surface area contributed by atoms with Crippen molar-refractivity contribution in [2.24, 2.45) is 5.73 Å². The Bertz CT molecular complexity index is 720. The molecule has 1 heterocycles. The van der Waals surface area contributed by atoms with E-state index in [1.807, 2.05) is 27.7 Å². The Morgan fingerprint density at radius 1 is 1.24 bits per heavy atom. The Labute approximate surface area is 145 Å².